The second-order valence-corrected chi connectivity index (χ2v) is 8.09. The van der Waals surface area contributed by atoms with Gasteiger partial charge >= 0.3 is 0 Å². The fourth-order valence-corrected chi connectivity index (χ4v) is 4.84. The molecule has 1 aromatic heterocycles. The zero-order valence-corrected chi connectivity index (χ0v) is 17.1. The third-order valence-corrected chi connectivity index (χ3v) is 6.32. The van der Waals surface area contributed by atoms with Crippen molar-refractivity contribution in [2.24, 2.45) is 4.99 Å². The van der Waals surface area contributed by atoms with Crippen LogP contribution in [0.1, 0.15) is 50.4 Å². The van der Waals surface area contributed by atoms with E-state index in [4.69, 9.17) is 9.73 Å². The standard InChI is InChI=1S/C20H34N4OS/c1-3-21-20(24-13-9-17(10-14-24)25-4-2)22-16-18(19-8-7-15-26-19)23-11-5-6-12-23/h7-8,15,17-18H,3-6,9-14,16H2,1-2H3,(H,21,22). The smallest absolute Gasteiger partial charge is 0.193 e. The van der Waals surface area contributed by atoms with Crippen LogP contribution in [0.25, 0.3) is 0 Å². The second-order valence-electron chi connectivity index (χ2n) is 7.11. The Morgan fingerprint density at radius 2 is 2.04 bits per heavy atom. The van der Waals surface area contributed by atoms with Gasteiger partial charge in [-0.25, -0.2) is 0 Å². The van der Waals surface area contributed by atoms with Crippen molar-refractivity contribution in [3.8, 4) is 0 Å². The molecule has 1 atom stereocenters. The number of aliphatic imine (C=N–C) groups is 1. The Kier molecular flexibility index (Phi) is 7.77. The van der Waals surface area contributed by atoms with Crippen LogP contribution in [0.4, 0.5) is 0 Å². The number of rotatable bonds is 7. The minimum Gasteiger partial charge on any atom is -0.378 e. The summed E-state index contributed by atoms with van der Waals surface area (Å²) in [6.07, 6.45) is 5.24. The maximum atomic E-state index is 5.79. The lowest BCUT2D eigenvalue weighted by molar-refractivity contribution is 0.0263. The van der Waals surface area contributed by atoms with Crippen molar-refractivity contribution in [2.45, 2.75) is 51.7 Å². The number of nitrogens with zero attached hydrogens (tertiary/aromatic N) is 3. The Hall–Kier alpha value is -1.11. The van der Waals surface area contributed by atoms with E-state index in [1.54, 1.807) is 0 Å². The monoisotopic (exact) mass is 378 g/mol. The normalized spacial score (nSPS) is 21.3. The molecule has 5 nitrogen and oxygen atoms in total. The SMILES string of the molecule is CCNC(=NCC(c1cccs1)N1CCCC1)N1CCC(OCC)CC1. The van der Waals surface area contributed by atoms with Crippen LogP contribution in [0.5, 0.6) is 0 Å². The predicted molar refractivity (Wildman–Crippen MR) is 110 cm³/mol. The molecule has 2 fully saturated rings. The number of thiophene rings is 1. The maximum Gasteiger partial charge on any atom is 0.193 e. The average molecular weight is 379 g/mol. The first-order valence-electron chi connectivity index (χ1n) is 10.2. The summed E-state index contributed by atoms with van der Waals surface area (Å²) < 4.78 is 5.79. The third kappa shape index (κ3) is 5.21. The van der Waals surface area contributed by atoms with E-state index in [0.29, 0.717) is 12.1 Å². The lowest BCUT2D eigenvalue weighted by atomic mass is 10.1. The van der Waals surface area contributed by atoms with Gasteiger partial charge in [0.2, 0.25) is 0 Å². The summed E-state index contributed by atoms with van der Waals surface area (Å²) in [6.45, 7) is 11.3. The van der Waals surface area contributed by atoms with Gasteiger partial charge in [0.1, 0.15) is 0 Å². The van der Waals surface area contributed by atoms with Crippen LogP contribution in [-0.4, -0.2) is 67.7 Å². The molecule has 0 aliphatic carbocycles. The topological polar surface area (TPSA) is 40.1 Å². The van der Waals surface area contributed by atoms with E-state index in [-0.39, 0.29) is 0 Å². The molecule has 0 amide bonds. The second kappa shape index (κ2) is 10.3. The lowest BCUT2D eigenvalue weighted by Crippen LogP contribution is -2.47. The van der Waals surface area contributed by atoms with Crippen molar-refractivity contribution in [3.05, 3.63) is 22.4 Å². The summed E-state index contributed by atoms with van der Waals surface area (Å²) in [6, 6.07) is 4.85. The number of guanidine groups is 1. The zero-order valence-electron chi connectivity index (χ0n) is 16.3. The molecule has 1 aromatic rings. The van der Waals surface area contributed by atoms with Crippen molar-refractivity contribution < 1.29 is 4.74 Å². The molecule has 1 N–H and O–H groups in total. The van der Waals surface area contributed by atoms with Crippen LogP contribution < -0.4 is 5.32 Å². The van der Waals surface area contributed by atoms with Gasteiger partial charge in [0.15, 0.2) is 5.96 Å². The van der Waals surface area contributed by atoms with Crippen molar-refractivity contribution in [1.29, 1.82) is 0 Å². The van der Waals surface area contributed by atoms with Gasteiger partial charge in [-0.1, -0.05) is 6.07 Å². The molecule has 0 radical (unpaired) electrons. The van der Waals surface area contributed by atoms with Crippen molar-refractivity contribution >= 4 is 17.3 Å². The lowest BCUT2D eigenvalue weighted by Gasteiger charge is -2.34. The highest BCUT2D eigenvalue weighted by atomic mass is 32.1. The Labute approximate surface area is 162 Å². The third-order valence-electron chi connectivity index (χ3n) is 5.35. The molecule has 2 saturated heterocycles. The van der Waals surface area contributed by atoms with Gasteiger partial charge in [-0.2, -0.15) is 0 Å². The average Bonchev–Trinajstić information content (AvgIpc) is 3.37. The molecular weight excluding hydrogens is 344 g/mol. The first kappa shape index (κ1) is 19.6. The van der Waals surface area contributed by atoms with Crippen molar-refractivity contribution in [2.75, 3.05) is 45.9 Å². The van der Waals surface area contributed by atoms with Crippen molar-refractivity contribution in [1.82, 2.24) is 15.1 Å². The summed E-state index contributed by atoms with van der Waals surface area (Å²) in [5, 5.41) is 5.70. The predicted octanol–water partition coefficient (Wildman–Crippen LogP) is 3.35. The number of nitrogens with one attached hydrogen (secondary N) is 1. The van der Waals surface area contributed by atoms with Crippen molar-refractivity contribution in [3.63, 3.8) is 0 Å². The largest absolute Gasteiger partial charge is 0.378 e. The molecule has 3 heterocycles. The number of ether oxygens (including phenoxy) is 1. The molecule has 3 rings (SSSR count). The minimum absolute atomic E-state index is 0.419. The molecule has 6 heteroatoms. The fourth-order valence-electron chi connectivity index (χ4n) is 3.99. The van der Waals surface area contributed by atoms with Gasteiger partial charge in [-0.15, -0.1) is 11.3 Å². The Morgan fingerprint density at radius 1 is 1.27 bits per heavy atom. The van der Waals surface area contributed by atoms with E-state index < -0.39 is 0 Å². The summed E-state index contributed by atoms with van der Waals surface area (Å²) in [4.78, 5) is 11.5. The molecule has 146 valence electrons. The molecular formula is C20H34N4OS. The number of hydrogen-bond donors (Lipinski definition) is 1. The van der Waals surface area contributed by atoms with Crippen LogP contribution in [0.3, 0.4) is 0 Å². The highest BCUT2D eigenvalue weighted by Crippen LogP contribution is 2.28. The fraction of sp³-hybridized carbons (Fsp3) is 0.750. The van der Waals surface area contributed by atoms with Crippen LogP contribution in [-0.2, 0) is 4.74 Å². The van der Waals surface area contributed by atoms with Gasteiger partial charge in [-0.05, 0) is 64.1 Å². The molecule has 0 saturated carbocycles. The summed E-state index contributed by atoms with van der Waals surface area (Å²) in [5.41, 5.74) is 0. The first-order chi connectivity index (χ1) is 12.8. The molecule has 0 aromatic carbocycles. The molecule has 0 spiro atoms. The van der Waals surface area contributed by atoms with Crippen LogP contribution in [0.2, 0.25) is 0 Å². The number of likely N-dealkylation sites (tertiary alicyclic amines) is 2. The van der Waals surface area contributed by atoms with Gasteiger partial charge in [0, 0.05) is 31.1 Å². The first-order valence-corrected chi connectivity index (χ1v) is 11.1. The summed E-state index contributed by atoms with van der Waals surface area (Å²) in [5.74, 6) is 1.07. The molecule has 0 bridgehead atoms. The van der Waals surface area contributed by atoms with E-state index in [0.717, 1.165) is 51.6 Å². The highest BCUT2D eigenvalue weighted by molar-refractivity contribution is 7.10. The molecule has 26 heavy (non-hydrogen) atoms. The van der Waals surface area contributed by atoms with E-state index >= 15 is 0 Å². The molecule has 1 unspecified atom stereocenters. The Bertz CT molecular complexity index is 534. The van der Waals surface area contributed by atoms with Gasteiger partial charge in [0.05, 0.1) is 18.7 Å². The van der Waals surface area contributed by atoms with E-state index in [1.807, 2.05) is 11.3 Å². The molecule has 2 aliphatic rings. The zero-order chi connectivity index (χ0) is 18.2. The van der Waals surface area contributed by atoms with Gasteiger partial charge < -0.3 is 15.0 Å². The van der Waals surface area contributed by atoms with Gasteiger partial charge in [0.25, 0.3) is 0 Å². The van der Waals surface area contributed by atoms with E-state index in [2.05, 4.69) is 46.5 Å². The van der Waals surface area contributed by atoms with E-state index in [9.17, 15) is 0 Å². The van der Waals surface area contributed by atoms with Crippen LogP contribution in [0, 0.1) is 0 Å². The van der Waals surface area contributed by atoms with E-state index in [1.165, 1.54) is 30.8 Å². The quantitative estimate of drug-likeness (QED) is 0.583. The van der Waals surface area contributed by atoms with Crippen LogP contribution in [0.15, 0.2) is 22.5 Å². The van der Waals surface area contributed by atoms with Crippen LogP contribution >= 0.6 is 11.3 Å². The number of hydrogen-bond acceptors (Lipinski definition) is 4. The molecule has 2 aliphatic heterocycles. The Balaban J connectivity index is 1.65. The minimum atomic E-state index is 0.419. The summed E-state index contributed by atoms with van der Waals surface area (Å²) >= 11 is 1.86. The van der Waals surface area contributed by atoms with Gasteiger partial charge in [-0.3, -0.25) is 9.89 Å². The highest BCUT2D eigenvalue weighted by Gasteiger charge is 2.25. The maximum absolute atomic E-state index is 5.79. The summed E-state index contributed by atoms with van der Waals surface area (Å²) in [7, 11) is 0. The Morgan fingerprint density at radius 3 is 2.65 bits per heavy atom. The number of piperidine rings is 1.